The predicted octanol–water partition coefficient (Wildman–Crippen LogP) is 0.273. The molecule has 1 aliphatic carbocycles. The van der Waals surface area contributed by atoms with E-state index in [0.29, 0.717) is 18.9 Å². The van der Waals surface area contributed by atoms with Crippen LogP contribution in [-0.4, -0.2) is 27.2 Å². The first-order valence-corrected chi connectivity index (χ1v) is 5.49. The highest BCUT2D eigenvalue weighted by atomic mass is 16.1. The first-order chi connectivity index (χ1) is 7.65. The third kappa shape index (κ3) is 2.06. The Hall–Kier alpha value is -1.43. The number of amides is 1. The molecular formula is C10H17N5O. The van der Waals surface area contributed by atoms with Crippen molar-refractivity contribution in [3.05, 3.63) is 6.33 Å². The average Bonchev–Trinajstić information content (AvgIpc) is 2.58. The van der Waals surface area contributed by atoms with Crippen molar-refractivity contribution >= 4 is 11.9 Å². The van der Waals surface area contributed by atoms with E-state index in [1.165, 1.54) is 17.4 Å². The van der Waals surface area contributed by atoms with Crippen molar-refractivity contribution in [3.8, 4) is 0 Å². The topological polar surface area (TPSA) is 85.8 Å². The Bertz CT molecular complexity index is 377. The molecule has 1 amide bonds. The van der Waals surface area contributed by atoms with E-state index in [4.69, 9.17) is 5.73 Å². The zero-order chi connectivity index (χ0) is 11.6. The summed E-state index contributed by atoms with van der Waals surface area (Å²) in [6.07, 6.45) is 5.17. The zero-order valence-electron chi connectivity index (χ0n) is 9.44. The summed E-state index contributed by atoms with van der Waals surface area (Å²) in [6.45, 7) is 0.583. The summed E-state index contributed by atoms with van der Waals surface area (Å²) in [5, 5.41) is 6.63. The van der Waals surface area contributed by atoms with Crippen molar-refractivity contribution in [1.29, 1.82) is 0 Å². The molecule has 0 atom stereocenters. The van der Waals surface area contributed by atoms with Crippen LogP contribution in [0.4, 0.5) is 5.95 Å². The molecule has 0 aromatic carbocycles. The van der Waals surface area contributed by atoms with E-state index in [0.717, 1.165) is 12.8 Å². The van der Waals surface area contributed by atoms with Crippen LogP contribution in [0.3, 0.4) is 0 Å². The molecule has 1 aromatic heterocycles. The Morgan fingerprint density at radius 2 is 2.44 bits per heavy atom. The fourth-order valence-corrected chi connectivity index (χ4v) is 2.05. The molecule has 1 heterocycles. The van der Waals surface area contributed by atoms with Gasteiger partial charge in [-0.15, -0.1) is 0 Å². The molecule has 3 N–H and O–H groups in total. The van der Waals surface area contributed by atoms with Crippen molar-refractivity contribution in [2.24, 2.45) is 18.2 Å². The number of aromatic nitrogens is 3. The minimum absolute atomic E-state index is 0.0266. The first kappa shape index (κ1) is 11.1. The van der Waals surface area contributed by atoms with Gasteiger partial charge in [-0.1, -0.05) is 6.42 Å². The second-order valence-corrected chi connectivity index (χ2v) is 4.49. The maximum absolute atomic E-state index is 11.8. The van der Waals surface area contributed by atoms with Gasteiger partial charge in [-0.3, -0.25) is 10.1 Å². The van der Waals surface area contributed by atoms with Crippen LogP contribution in [-0.2, 0) is 11.8 Å². The quantitative estimate of drug-likeness (QED) is 0.767. The molecule has 0 spiro atoms. The number of hydrogen-bond donors (Lipinski definition) is 2. The van der Waals surface area contributed by atoms with E-state index in [9.17, 15) is 4.79 Å². The van der Waals surface area contributed by atoms with Gasteiger partial charge in [-0.25, -0.2) is 4.68 Å². The number of carbonyl (C=O) groups excluding carboxylic acids is 1. The molecule has 16 heavy (non-hydrogen) atoms. The lowest BCUT2D eigenvalue weighted by molar-refractivity contribution is -0.119. The molecule has 1 aromatic rings. The minimum Gasteiger partial charge on any atom is -0.330 e. The highest BCUT2D eigenvalue weighted by molar-refractivity contribution is 5.89. The van der Waals surface area contributed by atoms with Crippen molar-refractivity contribution in [3.63, 3.8) is 0 Å². The molecular weight excluding hydrogens is 206 g/mol. The van der Waals surface area contributed by atoms with Crippen LogP contribution >= 0.6 is 0 Å². The Morgan fingerprint density at radius 1 is 1.69 bits per heavy atom. The summed E-state index contributed by atoms with van der Waals surface area (Å²) < 4.78 is 1.54. The third-order valence-corrected chi connectivity index (χ3v) is 3.35. The summed E-state index contributed by atoms with van der Waals surface area (Å²) in [4.78, 5) is 15.7. The molecule has 0 unspecified atom stereocenters. The maximum atomic E-state index is 11.8. The Kier molecular flexibility index (Phi) is 2.91. The van der Waals surface area contributed by atoms with Gasteiger partial charge in [0.2, 0.25) is 11.9 Å². The number of hydrogen-bond acceptors (Lipinski definition) is 4. The van der Waals surface area contributed by atoms with Crippen molar-refractivity contribution in [1.82, 2.24) is 14.8 Å². The van der Waals surface area contributed by atoms with Crippen LogP contribution in [0.25, 0.3) is 0 Å². The van der Waals surface area contributed by atoms with E-state index in [1.54, 1.807) is 7.05 Å². The molecule has 1 fully saturated rings. The van der Waals surface area contributed by atoms with Gasteiger partial charge in [-0.05, 0) is 24.8 Å². The van der Waals surface area contributed by atoms with E-state index in [-0.39, 0.29) is 11.3 Å². The molecule has 0 aliphatic heterocycles. The molecule has 0 saturated heterocycles. The van der Waals surface area contributed by atoms with E-state index in [2.05, 4.69) is 15.4 Å². The van der Waals surface area contributed by atoms with Crippen molar-refractivity contribution in [2.75, 3.05) is 11.9 Å². The molecule has 0 radical (unpaired) electrons. The van der Waals surface area contributed by atoms with Gasteiger partial charge in [0.1, 0.15) is 6.33 Å². The summed E-state index contributed by atoms with van der Waals surface area (Å²) in [5.41, 5.74) is 5.74. The van der Waals surface area contributed by atoms with Gasteiger partial charge < -0.3 is 5.73 Å². The second kappa shape index (κ2) is 4.21. The largest absolute Gasteiger partial charge is 0.330 e. The zero-order valence-corrected chi connectivity index (χ0v) is 9.44. The smallest absolute Gasteiger partial charge is 0.227 e. The lowest BCUT2D eigenvalue weighted by Crippen LogP contribution is -2.40. The van der Waals surface area contributed by atoms with Gasteiger partial charge in [0.25, 0.3) is 0 Å². The normalized spacial score (nSPS) is 17.9. The average molecular weight is 223 g/mol. The monoisotopic (exact) mass is 223 g/mol. The van der Waals surface area contributed by atoms with E-state index >= 15 is 0 Å². The van der Waals surface area contributed by atoms with Crippen molar-refractivity contribution in [2.45, 2.75) is 25.7 Å². The standard InChI is InChI=1S/C10H17N5O/c1-15-9(12-7-13-15)14-8(16)5-10(6-11)3-2-4-10/h7H,2-6,11H2,1H3,(H,12,13,14,16). The van der Waals surface area contributed by atoms with Gasteiger partial charge >= 0.3 is 0 Å². The van der Waals surface area contributed by atoms with Crippen LogP contribution in [0.1, 0.15) is 25.7 Å². The second-order valence-electron chi connectivity index (χ2n) is 4.49. The van der Waals surface area contributed by atoms with Crippen LogP contribution in [0, 0.1) is 5.41 Å². The number of nitrogens with one attached hydrogen (secondary N) is 1. The van der Waals surface area contributed by atoms with Gasteiger partial charge in [0.15, 0.2) is 0 Å². The Morgan fingerprint density at radius 3 is 2.88 bits per heavy atom. The molecule has 6 nitrogen and oxygen atoms in total. The number of carbonyl (C=O) groups is 1. The SMILES string of the molecule is Cn1ncnc1NC(=O)CC1(CN)CCC1. The molecule has 88 valence electrons. The lowest BCUT2D eigenvalue weighted by atomic mass is 9.66. The predicted molar refractivity (Wildman–Crippen MR) is 59.6 cm³/mol. The molecule has 6 heteroatoms. The van der Waals surface area contributed by atoms with Crippen molar-refractivity contribution < 1.29 is 4.79 Å². The first-order valence-electron chi connectivity index (χ1n) is 5.49. The summed E-state index contributed by atoms with van der Waals surface area (Å²) in [7, 11) is 1.74. The van der Waals surface area contributed by atoms with Gasteiger partial charge in [0, 0.05) is 13.5 Å². The number of anilines is 1. The fourth-order valence-electron chi connectivity index (χ4n) is 2.05. The molecule has 1 aliphatic rings. The van der Waals surface area contributed by atoms with Gasteiger partial charge in [-0.2, -0.15) is 10.1 Å². The summed E-state index contributed by atoms with van der Waals surface area (Å²) in [5.74, 6) is 0.456. The third-order valence-electron chi connectivity index (χ3n) is 3.35. The van der Waals surface area contributed by atoms with E-state index < -0.39 is 0 Å². The number of aryl methyl sites for hydroxylation is 1. The summed E-state index contributed by atoms with van der Waals surface area (Å²) in [6, 6.07) is 0. The highest BCUT2D eigenvalue weighted by Crippen LogP contribution is 2.42. The molecule has 2 rings (SSSR count). The van der Waals surface area contributed by atoms with Crippen LogP contribution in [0.15, 0.2) is 6.33 Å². The fraction of sp³-hybridized carbons (Fsp3) is 0.700. The Labute approximate surface area is 94.2 Å². The number of nitrogens with two attached hydrogens (primary N) is 1. The van der Waals surface area contributed by atoms with Crippen LogP contribution in [0.2, 0.25) is 0 Å². The number of rotatable bonds is 4. The highest BCUT2D eigenvalue weighted by Gasteiger charge is 2.37. The Balaban J connectivity index is 1.92. The maximum Gasteiger partial charge on any atom is 0.227 e. The molecule has 1 saturated carbocycles. The minimum atomic E-state index is -0.0266. The van der Waals surface area contributed by atoms with Crippen LogP contribution in [0.5, 0.6) is 0 Å². The van der Waals surface area contributed by atoms with Crippen LogP contribution < -0.4 is 11.1 Å². The molecule has 0 bridgehead atoms. The number of nitrogens with zero attached hydrogens (tertiary/aromatic N) is 3. The lowest BCUT2D eigenvalue weighted by Gasteiger charge is -2.40. The summed E-state index contributed by atoms with van der Waals surface area (Å²) >= 11 is 0. The van der Waals surface area contributed by atoms with E-state index in [1.807, 2.05) is 0 Å². The van der Waals surface area contributed by atoms with Gasteiger partial charge in [0.05, 0.1) is 0 Å².